The fourth-order valence-corrected chi connectivity index (χ4v) is 5.80. The van der Waals surface area contributed by atoms with Crippen LogP contribution in [0.15, 0.2) is 53.4 Å². The molecule has 1 saturated heterocycles. The standard InChI is InChI=1S/C23H28N4O3S2/c1-23(2,3)18-6-10-20(11-7-18)32(29,30)27-14-12-26(13-15-27)22-24-21(25-31-22)16-17-4-8-19(28)9-5-17/h4-11,28H,12-16H2,1-3H3. The summed E-state index contributed by atoms with van der Waals surface area (Å²) in [5.74, 6) is 0.961. The second-order valence-corrected chi connectivity index (χ2v) is 11.7. The number of aromatic nitrogens is 2. The number of sulfonamides is 1. The predicted octanol–water partition coefficient (Wildman–Crippen LogP) is 3.64. The van der Waals surface area contributed by atoms with Crippen LogP contribution in [0.25, 0.3) is 0 Å². The molecule has 0 amide bonds. The van der Waals surface area contributed by atoms with E-state index in [1.54, 1.807) is 28.6 Å². The summed E-state index contributed by atoms with van der Waals surface area (Å²) in [6.45, 7) is 8.31. The van der Waals surface area contributed by atoms with E-state index in [2.05, 4.69) is 35.0 Å². The Hall–Kier alpha value is -2.49. The third-order valence-corrected chi connectivity index (χ3v) is 8.35. The van der Waals surface area contributed by atoms with Gasteiger partial charge in [-0.05, 0) is 40.8 Å². The summed E-state index contributed by atoms with van der Waals surface area (Å²) in [6, 6.07) is 14.2. The van der Waals surface area contributed by atoms with Gasteiger partial charge in [-0.25, -0.2) is 13.4 Å². The van der Waals surface area contributed by atoms with Crippen molar-refractivity contribution in [2.75, 3.05) is 31.1 Å². The topological polar surface area (TPSA) is 86.6 Å². The van der Waals surface area contributed by atoms with E-state index >= 15 is 0 Å². The summed E-state index contributed by atoms with van der Waals surface area (Å²) in [6.07, 6.45) is 0.593. The molecule has 1 aromatic heterocycles. The molecule has 9 heteroatoms. The van der Waals surface area contributed by atoms with Crippen molar-refractivity contribution in [3.63, 3.8) is 0 Å². The Morgan fingerprint density at radius 2 is 1.59 bits per heavy atom. The van der Waals surface area contributed by atoms with Gasteiger partial charge < -0.3 is 10.0 Å². The van der Waals surface area contributed by atoms with Gasteiger partial charge in [-0.2, -0.15) is 8.68 Å². The second-order valence-electron chi connectivity index (χ2n) is 9.00. The average Bonchev–Trinajstić information content (AvgIpc) is 3.23. The number of piperazine rings is 1. The lowest BCUT2D eigenvalue weighted by molar-refractivity contribution is 0.384. The van der Waals surface area contributed by atoms with E-state index in [1.165, 1.54) is 11.5 Å². The molecule has 1 fully saturated rings. The number of phenols is 1. The number of anilines is 1. The highest BCUT2D eigenvalue weighted by Crippen LogP contribution is 2.26. The summed E-state index contributed by atoms with van der Waals surface area (Å²) in [5.41, 5.74) is 2.12. The molecule has 0 unspecified atom stereocenters. The van der Waals surface area contributed by atoms with Gasteiger partial charge in [-0.3, -0.25) is 0 Å². The van der Waals surface area contributed by atoms with Gasteiger partial charge in [0.15, 0.2) is 0 Å². The third kappa shape index (κ3) is 4.95. The van der Waals surface area contributed by atoms with Gasteiger partial charge in [-0.15, -0.1) is 0 Å². The van der Waals surface area contributed by atoms with Crippen molar-refractivity contribution in [2.45, 2.75) is 37.5 Å². The lowest BCUT2D eigenvalue weighted by atomic mass is 9.87. The van der Waals surface area contributed by atoms with Crippen LogP contribution in [-0.2, 0) is 21.9 Å². The minimum atomic E-state index is -3.52. The maximum absolute atomic E-state index is 13.1. The van der Waals surface area contributed by atoms with E-state index < -0.39 is 10.0 Å². The van der Waals surface area contributed by atoms with Crippen LogP contribution in [0.1, 0.15) is 37.7 Å². The number of phenolic OH excluding ortho intramolecular Hbond substituents is 1. The normalized spacial score (nSPS) is 15.8. The summed E-state index contributed by atoms with van der Waals surface area (Å²) in [4.78, 5) is 7.06. The molecular formula is C23H28N4O3S2. The van der Waals surface area contributed by atoms with Crippen LogP contribution in [0.5, 0.6) is 5.75 Å². The molecular weight excluding hydrogens is 444 g/mol. The molecule has 0 spiro atoms. The largest absolute Gasteiger partial charge is 0.508 e. The fourth-order valence-electron chi connectivity index (χ4n) is 3.64. The Balaban J connectivity index is 1.38. The van der Waals surface area contributed by atoms with Crippen molar-refractivity contribution in [1.82, 2.24) is 13.7 Å². The van der Waals surface area contributed by atoms with E-state index in [4.69, 9.17) is 0 Å². The third-order valence-electron chi connectivity index (χ3n) is 5.62. The van der Waals surface area contributed by atoms with E-state index in [9.17, 15) is 13.5 Å². The SMILES string of the molecule is CC(C)(C)c1ccc(S(=O)(=O)N2CCN(c3nc(Cc4ccc(O)cc4)ns3)CC2)cc1. The van der Waals surface area contributed by atoms with Crippen LogP contribution < -0.4 is 4.90 Å². The first-order chi connectivity index (χ1) is 15.1. The number of aromatic hydroxyl groups is 1. The predicted molar refractivity (Wildman–Crippen MR) is 127 cm³/mol. The molecule has 4 rings (SSSR count). The number of rotatable bonds is 5. The lowest BCUT2D eigenvalue weighted by Gasteiger charge is -2.33. The van der Waals surface area contributed by atoms with Gasteiger partial charge in [-0.1, -0.05) is 45.0 Å². The van der Waals surface area contributed by atoms with Gasteiger partial charge in [0.1, 0.15) is 11.6 Å². The van der Waals surface area contributed by atoms with E-state index in [0.717, 1.165) is 22.1 Å². The van der Waals surface area contributed by atoms with Crippen molar-refractivity contribution in [3.05, 3.63) is 65.5 Å². The van der Waals surface area contributed by atoms with Gasteiger partial charge >= 0.3 is 0 Å². The van der Waals surface area contributed by atoms with E-state index in [-0.39, 0.29) is 11.2 Å². The van der Waals surface area contributed by atoms with Crippen molar-refractivity contribution >= 4 is 26.7 Å². The molecule has 0 bridgehead atoms. The summed E-state index contributed by atoms with van der Waals surface area (Å²) in [7, 11) is -3.52. The van der Waals surface area contributed by atoms with Gasteiger partial charge in [0.25, 0.3) is 0 Å². The van der Waals surface area contributed by atoms with Crippen LogP contribution in [0.4, 0.5) is 5.13 Å². The molecule has 0 radical (unpaired) electrons. The van der Waals surface area contributed by atoms with Gasteiger partial charge in [0.2, 0.25) is 15.2 Å². The molecule has 32 heavy (non-hydrogen) atoms. The molecule has 3 aromatic rings. The van der Waals surface area contributed by atoms with E-state index in [1.807, 2.05) is 24.3 Å². The Kier molecular flexibility index (Phi) is 6.24. The molecule has 0 saturated carbocycles. The zero-order valence-electron chi connectivity index (χ0n) is 18.5. The first kappa shape index (κ1) is 22.7. The van der Waals surface area contributed by atoms with Crippen LogP contribution in [0.3, 0.4) is 0 Å². The second kappa shape index (κ2) is 8.80. The van der Waals surface area contributed by atoms with Crippen LogP contribution in [0.2, 0.25) is 0 Å². The summed E-state index contributed by atoms with van der Waals surface area (Å²) in [5, 5.41) is 10.2. The molecule has 170 valence electrons. The number of benzene rings is 2. The summed E-state index contributed by atoms with van der Waals surface area (Å²) < 4.78 is 32.2. The zero-order valence-corrected chi connectivity index (χ0v) is 20.2. The van der Waals surface area contributed by atoms with Crippen LogP contribution in [0, 0.1) is 0 Å². The Morgan fingerprint density at radius 3 is 2.19 bits per heavy atom. The van der Waals surface area contributed by atoms with Gasteiger partial charge in [0, 0.05) is 44.1 Å². The molecule has 0 atom stereocenters. The van der Waals surface area contributed by atoms with Crippen molar-refractivity contribution < 1.29 is 13.5 Å². The van der Waals surface area contributed by atoms with Crippen molar-refractivity contribution in [1.29, 1.82) is 0 Å². The monoisotopic (exact) mass is 472 g/mol. The maximum Gasteiger partial charge on any atom is 0.243 e. The van der Waals surface area contributed by atoms with Crippen LogP contribution in [-0.4, -0.2) is 53.4 Å². The minimum absolute atomic E-state index is 0.0171. The highest BCUT2D eigenvalue weighted by molar-refractivity contribution is 7.89. The zero-order chi connectivity index (χ0) is 22.9. The Labute approximate surface area is 193 Å². The number of hydrogen-bond acceptors (Lipinski definition) is 7. The Morgan fingerprint density at radius 1 is 0.969 bits per heavy atom. The van der Waals surface area contributed by atoms with Gasteiger partial charge in [0.05, 0.1) is 4.90 Å². The van der Waals surface area contributed by atoms with Crippen LogP contribution >= 0.6 is 11.5 Å². The first-order valence-corrected chi connectivity index (χ1v) is 12.8. The number of nitrogens with zero attached hydrogens (tertiary/aromatic N) is 4. The summed E-state index contributed by atoms with van der Waals surface area (Å²) >= 11 is 1.33. The molecule has 1 aliphatic heterocycles. The molecule has 2 heterocycles. The van der Waals surface area contributed by atoms with Crippen molar-refractivity contribution in [3.8, 4) is 5.75 Å². The van der Waals surface area contributed by atoms with E-state index in [0.29, 0.717) is 37.5 Å². The highest BCUT2D eigenvalue weighted by atomic mass is 32.2. The molecule has 1 N–H and O–H groups in total. The lowest BCUT2D eigenvalue weighted by Crippen LogP contribution is -2.48. The number of hydrogen-bond donors (Lipinski definition) is 1. The molecule has 2 aromatic carbocycles. The molecule has 0 aliphatic carbocycles. The smallest absolute Gasteiger partial charge is 0.243 e. The Bertz CT molecular complexity index is 1160. The average molecular weight is 473 g/mol. The van der Waals surface area contributed by atoms with Crippen molar-refractivity contribution in [2.24, 2.45) is 0 Å². The molecule has 7 nitrogen and oxygen atoms in total. The maximum atomic E-state index is 13.1. The highest BCUT2D eigenvalue weighted by Gasteiger charge is 2.30. The molecule has 1 aliphatic rings. The quantitative estimate of drug-likeness (QED) is 0.610. The minimum Gasteiger partial charge on any atom is -0.508 e. The first-order valence-electron chi connectivity index (χ1n) is 10.6. The fraction of sp³-hybridized carbons (Fsp3) is 0.391.